The lowest BCUT2D eigenvalue weighted by Gasteiger charge is -2.21. The molecule has 0 atom stereocenters. The molecule has 0 heterocycles. The van der Waals surface area contributed by atoms with Crippen molar-refractivity contribution in [3.63, 3.8) is 0 Å². The number of phenols is 1. The number of nitrogens with one attached hydrogen (secondary N) is 3. The topological polar surface area (TPSA) is 33.5 Å². The summed E-state index contributed by atoms with van der Waals surface area (Å²) >= 11 is 12.1. The van der Waals surface area contributed by atoms with Gasteiger partial charge >= 0.3 is 0 Å². The highest BCUT2D eigenvalue weighted by Gasteiger charge is 2.16. The van der Waals surface area contributed by atoms with E-state index in [1.54, 1.807) is 6.07 Å². The first-order chi connectivity index (χ1) is 10.8. The van der Waals surface area contributed by atoms with Gasteiger partial charge in [-0.3, -0.25) is 0 Å². The molecule has 0 aromatic heterocycles. The fraction of sp³-hybridized carbons (Fsp3) is 0.647. The Kier molecular flexibility index (Phi) is 9.25. The van der Waals surface area contributed by atoms with Crippen molar-refractivity contribution in [1.82, 2.24) is 0 Å². The lowest BCUT2D eigenvalue weighted by molar-refractivity contribution is -0.925. The van der Waals surface area contributed by atoms with Gasteiger partial charge in [0.1, 0.15) is 12.3 Å². The van der Waals surface area contributed by atoms with Crippen molar-refractivity contribution in [2.75, 3.05) is 54.4 Å². The van der Waals surface area contributed by atoms with E-state index >= 15 is 0 Å². The number of hydrogen-bond donors (Lipinski definition) is 4. The third-order valence-electron chi connectivity index (χ3n) is 3.96. The van der Waals surface area contributed by atoms with Gasteiger partial charge in [0.05, 0.1) is 65.0 Å². The smallest absolute Gasteiger partial charge is 0.143 e. The number of rotatable bonds is 10. The van der Waals surface area contributed by atoms with Crippen LogP contribution in [0.1, 0.15) is 18.4 Å². The van der Waals surface area contributed by atoms with Gasteiger partial charge in [0.2, 0.25) is 0 Å². The molecule has 4 nitrogen and oxygen atoms in total. The maximum atomic E-state index is 10.2. The zero-order chi connectivity index (χ0) is 17.4. The van der Waals surface area contributed by atoms with Gasteiger partial charge < -0.3 is 19.8 Å². The standard InChI is InChI=1S/C17H29Cl2N3O/c1-20(2)7-5-9-22(10-6-8-21(3)4)13-14-11-15(18)12-16(19)17(14)23/h11-12,23H,5-10,13H2,1-4H3/p+3. The van der Waals surface area contributed by atoms with Gasteiger partial charge in [0.15, 0.2) is 0 Å². The first-order valence-electron chi connectivity index (χ1n) is 8.38. The van der Waals surface area contributed by atoms with Crippen LogP contribution in [0.15, 0.2) is 12.1 Å². The van der Waals surface area contributed by atoms with Crippen LogP contribution in [-0.2, 0) is 6.54 Å². The molecule has 0 aliphatic carbocycles. The SMILES string of the molecule is C[NH+](C)CCC[NH+](CCC[NH+](C)C)Cc1cc(Cl)cc(Cl)c1O. The minimum Gasteiger partial charge on any atom is -0.506 e. The molecule has 1 aromatic rings. The molecule has 0 saturated carbocycles. The van der Waals surface area contributed by atoms with Crippen LogP contribution in [-0.4, -0.2) is 59.5 Å². The Balaban J connectivity index is 2.70. The highest BCUT2D eigenvalue weighted by Crippen LogP contribution is 2.30. The normalized spacial score (nSPS) is 11.9. The third-order valence-corrected chi connectivity index (χ3v) is 4.47. The molecular weight excluding hydrogens is 333 g/mol. The minimum atomic E-state index is 0.171. The Hall–Kier alpha value is -0.520. The molecule has 0 aliphatic heterocycles. The Morgan fingerprint density at radius 1 is 0.870 bits per heavy atom. The van der Waals surface area contributed by atoms with Crippen LogP contribution >= 0.6 is 23.2 Å². The molecule has 0 radical (unpaired) electrons. The Morgan fingerprint density at radius 2 is 1.39 bits per heavy atom. The molecule has 23 heavy (non-hydrogen) atoms. The van der Waals surface area contributed by atoms with Crippen molar-refractivity contribution < 1.29 is 19.8 Å². The van der Waals surface area contributed by atoms with E-state index in [1.807, 2.05) is 6.07 Å². The predicted molar refractivity (Wildman–Crippen MR) is 97.1 cm³/mol. The van der Waals surface area contributed by atoms with Crippen LogP contribution in [0.25, 0.3) is 0 Å². The van der Waals surface area contributed by atoms with Crippen molar-refractivity contribution in [3.05, 3.63) is 27.7 Å². The van der Waals surface area contributed by atoms with Gasteiger partial charge in [-0.15, -0.1) is 0 Å². The molecule has 0 amide bonds. The van der Waals surface area contributed by atoms with Crippen LogP contribution in [0, 0.1) is 0 Å². The summed E-state index contributed by atoms with van der Waals surface area (Å²) in [6, 6.07) is 3.42. The van der Waals surface area contributed by atoms with Crippen LogP contribution in [0.2, 0.25) is 10.0 Å². The number of aromatic hydroxyl groups is 1. The lowest BCUT2D eigenvalue weighted by Crippen LogP contribution is -3.13. The highest BCUT2D eigenvalue weighted by atomic mass is 35.5. The third kappa shape index (κ3) is 8.23. The van der Waals surface area contributed by atoms with Crippen molar-refractivity contribution >= 4 is 23.2 Å². The van der Waals surface area contributed by atoms with E-state index < -0.39 is 0 Å². The Labute approximate surface area is 150 Å². The Bertz CT molecular complexity index is 467. The predicted octanol–water partition coefficient (Wildman–Crippen LogP) is -0.847. The van der Waals surface area contributed by atoms with Gasteiger partial charge in [-0.2, -0.15) is 0 Å². The van der Waals surface area contributed by atoms with E-state index in [2.05, 4.69) is 28.2 Å². The van der Waals surface area contributed by atoms with Crippen LogP contribution in [0.3, 0.4) is 0 Å². The average molecular weight is 365 g/mol. The first kappa shape index (κ1) is 20.5. The van der Waals surface area contributed by atoms with E-state index in [9.17, 15) is 5.11 Å². The summed E-state index contributed by atoms with van der Waals surface area (Å²) in [7, 11) is 8.71. The second-order valence-electron chi connectivity index (χ2n) is 6.94. The van der Waals surface area contributed by atoms with Crippen LogP contribution in [0.4, 0.5) is 0 Å². The quantitative estimate of drug-likeness (QED) is 0.428. The van der Waals surface area contributed by atoms with Gasteiger partial charge in [-0.1, -0.05) is 23.2 Å². The average Bonchev–Trinajstić information content (AvgIpc) is 2.43. The summed E-state index contributed by atoms with van der Waals surface area (Å²) in [5.74, 6) is 0.171. The number of hydrogen-bond acceptors (Lipinski definition) is 1. The van der Waals surface area contributed by atoms with Gasteiger partial charge in [0.25, 0.3) is 0 Å². The molecule has 132 valence electrons. The second-order valence-corrected chi connectivity index (χ2v) is 7.79. The Morgan fingerprint density at radius 3 is 1.87 bits per heavy atom. The zero-order valence-electron chi connectivity index (χ0n) is 14.8. The number of phenolic OH excluding ortho intramolecular Hbond substituents is 1. The molecule has 0 aliphatic rings. The first-order valence-corrected chi connectivity index (χ1v) is 9.13. The molecule has 0 saturated heterocycles. The molecular formula is C17H32Cl2N3O+3. The molecule has 4 N–H and O–H groups in total. The van der Waals surface area contributed by atoms with Crippen molar-refractivity contribution in [3.8, 4) is 5.75 Å². The highest BCUT2D eigenvalue weighted by molar-refractivity contribution is 6.35. The molecule has 1 aromatic carbocycles. The minimum absolute atomic E-state index is 0.171. The van der Waals surface area contributed by atoms with E-state index in [4.69, 9.17) is 23.2 Å². The van der Waals surface area contributed by atoms with Crippen molar-refractivity contribution in [2.24, 2.45) is 0 Å². The largest absolute Gasteiger partial charge is 0.506 e. The summed E-state index contributed by atoms with van der Waals surface area (Å²) in [6.45, 7) is 5.27. The zero-order valence-corrected chi connectivity index (χ0v) is 16.3. The number of halogens is 2. The molecule has 6 heteroatoms. The number of quaternary nitrogens is 3. The van der Waals surface area contributed by atoms with Gasteiger partial charge in [0, 0.05) is 17.9 Å². The van der Waals surface area contributed by atoms with Crippen LogP contribution < -0.4 is 14.7 Å². The fourth-order valence-corrected chi connectivity index (χ4v) is 3.24. The fourth-order valence-electron chi connectivity index (χ4n) is 2.71. The van der Waals surface area contributed by atoms with E-state index in [1.165, 1.54) is 27.5 Å². The summed E-state index contributed by atoms with van der Waals surface area (Å²) in [6.07, 6.45) is 2.34. The maximum absolute atomic E-state index is 10.2. The molecule has 1 rings (SSSR count). The molecule has 0 spiro atoms. The summed E-state index contributed by atoms with van der Waals surface area (Å²) in [4.78, 5) is 4.41. The van der Waals surface area contributed by atoms with E-state index in [-0.39, 0.29) is 5.75 Å². The van der Waals surface area contributed by atoms with Gasteiger partial charge in [-0.25, -0.2) is 0 Å². The monoisotopic (exact) mass is 364 g/mol. The summed E-state index contributed by atoms with van der Waals surface area (Å²) in [5, 5.41) is 11.1. The van der Waals surface area contributed by atoms with Crippen molar-refractivity contribution in [1.29, 1.82) is 0 Å². The van der Waals surface area contributed by atoms with Crippen LogP contribution in [0.5, 0.6) is 5.75 Å². The van der Waals surface area contributed by atoms with Gasteiger partial charge in [-0.05, 0) is 12.1 Å². The molecule has 0 bridgehead atoms. The summed E-state index contributed by atoms with van der Waals surface area (Å²) in [5.41, 5.74) is 0.840. The second kappa shape index (κ2) is 10.4. The lowest BCUT2D eigenvalue weighted by atomic mass is 10.1. The molecule has 0 unspecified atom stereocenters. The van der Waals surface area contributed by atoms with Crippen molar-refractivity contribution in [2.45, 2.75) is 19.4 Å². The summed E-state index contributed by atoms with van der Waals surface area (Å²) < 4.78 is 0. The molecule has 0 fully saturated rings. The number of benzene rings is 1. The maximum Gasteiger partial charge on any atom is 0.143 e. The van der Waals surface area contributed by atoms with E-state index in [0.29, 0.717) is 10.0 Å². The van der Waals surface area contributed by atoms with E-state index in [0.717, 1.165) is 38.3 Å².